The van der Waals surface area contributed by atoms with Gasteiger partial charge in [-0.1, -0.05) is 11.6 Å². The van der Waals surface area contributed by atoms with Crippen LogP contribution >= 0.6 is 11.6 Å². The van der Waals surface area contributed by atoms with E-state index in [2.05, 4.69) is 24.9 Å². The molecule has 0 saturated heterocycles. The van der Waals surface area contributed by atoms with Crippen LogP contribution in [-0.2, 0) is 6.18 Å². The molecule has 10 nitrogen and oxygen atoms in total. The molecule has 0 aromatic carbocycles. The Morgan fingerprint density at radius 3 is 2.51 bits per heavy atom. The van der Waals surface area contributed by atoms with Crippen LogP contribution in [0.25, 0.3) is 22.2 Å². The molecule has 0 aliphatic carbocycles. The minimum atomic E-state index is -4.99. The zero-order valence-electron chi connectivity index (χ0n) is 21.9. The molecule has 0 fully saturated rings. The van der Waals surface area contributed by atoms with Crippen LogP contribution in [-0.4, -0.2) is 44.7 Å². The van der Waals surface area contributed by atoms with Gasteiger partial charge in [0.2, 0.25) is 5.88 Å². The third-order valence-electron chi connectivity index (χ3n) is 6.72. The first-order valence-electron chi connectivity index (χ1n) is 12.0. The van der Waals surface area contributed by atoms with Crippen molar-refractivity contribution in [3.05, 3.63) is 45.7 Å². The van der Waals surface area contributed by atoms with Gasteiger partial charge in [0.15, 0.2) is 5.82 Å². The number of hydrogen-bond acceptors (Lipinski definition) is 10. The summed E-state index contributed by atoms with van der Waals surface area (Å²) in [4.78, 5) is 21.8. The van der Waals surface area contributed by atoms with Gasteiger partial charge in [-0.05, 0) is 26.8 Å². The Balaban J connectivity index is 1.85. The van der Waals surface area contributed by atoms with E-state index in [1.807, 2.05) is 0 Å². The van der Waals surface area contributed by atoms with Crippen LogP contribution in [0.3, 0.4) is 0 Å². The Morgan fingerprint density at radius 2 is 1.85 bits per heavy atom. The standard InChI is InChI=1S/C25H22ClF5N8O2/c1-8-7-41-23-14-19(17(28)18(36-23)13-15(25(29,30)31)9(2)35-21(33)16(13)26)37-24(40-4)38-22(14)39(8)10(3)12-5-11(27)6-34-20(12)32/h5-6,8,10H,7H2,1-4H3,(H2,32,34)(H2,33,35)/t8-,10?/m0/s1. The second kappa shape index (κ2) is 9.98. The summed E-state index contributed by atoms with van der Waals surface area (Å²) in [5.41, 5.74) is 8.19. The minimum absolute atomic E-state index is 0.0494. The summed E-state index contributed by atoms with van der Waals surface area (Å²) < 4.78 is 84.2. The van der Waals surface area contributed by atoms with Gasteiger partial charge in [0.05, 0.1) is 41.7 Å². The number of nitrogens with zero attached hydrogens (tertiary/aromatic N) is 6. The molecule has 4 aromatic rings. The minimum Gasteiger partial charge on any atom is -0.475 e. The van der Waals surface area contributed by atoms with Gasteiger partial charge in [-0.15, -0.1) is 0 Å². The van der Waals surface area contributed by atoms with Crippen molar-refractivity contribution in [1.29, 1.82) is 0 Å². The Labute approximate surface area is 234 Å². The van der Waals surface area contributed by atoms with Crippen LogP contribution < -0.4 is 25.8 Å². The highest BCUT2D eigenvalue weighted by molar-refractivity contribution is 6.35. The van der Waals surface area contributed by atoms with E-state index in [-0.39, 0.29) is 35.5 Å². The molecule has 216 valence electrons. The summed E-state index contributed by atoms with van der Waals surface area (Å²) in [5.74, 6) is -2.50. The molecule has 0 spiro atoms. The maximum absolute atomic E-state index is 16.4. The van der Waals surface area contributed by atoms with Gasteiger partial charge in [-0.25, -0.2) is 23.7 Å². The predicted molar refractivity (Wildman–Crippen MR) is 141 cm³/mol. The Bertz CT molecular complexity index is 1700. The highest BCUT2D eigenvalue weighted by Gasteiger charge is 2.41. The van der Waals surface area contributed by atoms with Crippen molar-refractivity contribution in [1.82, 2.24) is 24.9 Å². The fourth-order valence-corrected chi connectivity index (χ4v) is 5.16. The van der Waals surface area contributed by atoms with Crippen molar-refractivity contribution in [3.63, 3.8) is 0 Å². The lowest BCUT2D eigenvalue weighted by Crippen LogP contribution is -2.39. The van der Waals surface area contributed by atoms with Crippen molar-refractivity contribution in [3.8, 4) is 23.1 Å². The number of methoxy groups -OCH3 is 1. The lowest BCUT2D eigenvalue weighted by molar-refractivity contribution is -0.137. The van der Waals surface area contributed by atoms with E-state index in [4.69, 9.17) is 32.5 Å². The van der Waals surface area contributed by atoms with Crippen molar-refractivity contribution in [2.45, 2.75) is 39.0 Å². The fourth-order valence-electron chi connectivity index (χ4n) is 4.93. The molecule has 16 heteroatoms. The van der Waals surface area contributed by atoms with E-state index in [1.165, 1.54) is 13.2 Å². The molecule has 0 bridgehead atoms. The summed E-state index contributed by atoms with van der Waals surface area (Å²) in [5, 5.41) is -0.706. The first-order valence-corrected chi connectivity index (χ1v) is 12.4. The number of rotatable bonds is 4. The molecule has 0 saturated carbocycles. The summed E-state index contributed by atoms with van der Waals surface area (Å²) in [6.07, 6.45) is -4.02. The number of nitrogen functional groups attached to an aromatic ring is 2. The molecule has 41 heavy (non-hydrogen) atoms. The molecule has 5 rings (SSSR count). The molecule has 5 heterocycles. The maximum atomic E-state index is 16.4. The van der Waals surface area contributed by atoms with Crippen molar-refractivity contribution >= 4 is 40.0 Å². The summed E-state index contributed by atoms with van der Waals surface area (Å²) >= 11 is 6.20. The number of aromatic nitrogens is 5. The van der Waals surface area contributed by atoms with E-state index in [9.17, 15) is 17.6 Å². The molecule has 1 aliphatic heterocycles. The van der Waals surface area contributed by atoms with E-state index in [1.54, 1.807) is 18.7 Å². The van der Waals surface area contributed by atoms with Crippen LogP contribution in [0.15, 0.2) is 12.3 Å². The largest absolute Gasteiger partial charge is 0.475 e. The maximum Gasteiger partial charge on any atom is 0.418 e. The third kappa shape index (κ3) is 4.63. The number of halogens is 6. The summed E-state index contributed by atoms with van der Waals surface area (Å²) in [7, 11) is 1.24. The monoisotopic (exact) mass is 596 g/mol. The van der Waals surface area contributed by atoms with Gasteiger partial charge >= 0.3 is 12.2 Å². The molecule has 2 atom stereocenters. The van der Waals surface area contributed by atoms with Crippen molar-refractivity contribution in [2.24, 2.45) is 0 Å². The zero-order valence-corrected chi connectivity index (χ0v) is 22.7. The molecule has 0 amide bonds. The van der Waals surface area contributed by atoms with Crippen LogP contribution in [0.5, 0.6) is 11.9 Å². The van der Waals surface area contributed by atoms with Crippen LogP contribution in [0.1, 0.15) is 36.7 Å². The number of anilines is 3. The number of pyridine rings is 3. The van der Waals surface area contributed by atoms with Crippen LogP contribution in [0.4, 0.5) is 39.4 Å². The lowest BCUT2D eigenvalue weighted by Gasteiger charge is -2.34. The smallest absolute Gasteiger partial charge is 0.418 e. The summed E-state index contributed by atoms with van der Waals surface area (Å²) in [6, 6.07) is -0.314. The van der Waals surface area contributed by atoms with Crippen LogP contribution in [0, 0.1) is 18.6 Å². The van der Waals surface area contributed by atoms with Crippen molar-refractivity contribution in [2.75, 3.05) is 30.1 Å². The Kier molecular flexibility index (Phi) is 6.88. The van der Waals surface area contributed by atoms with Gasteiger partial charge in [0.1, 0.15) is 46.5 Å². The van der Waals surface area contributed by atoms with Gasteiger partial charge in [0.25, 0.3) is 0 Å². The highest BCUT2D eigenvalue weighted by Crippen LogP contribution is 2.48. The van der Waals surface area contributed by atoms with Gasteiger partial charge in [-0.3, -0.25) is 0 Å². The molecule has 1 unspecified atom stereocenters. The molecule has 4 aromatic heterocycles. The first kappa shape index (κ1) is 28.3. The Hall–Kier alpha value is -4.27. The second-order valence-corrected chi connectivity index (χ2v) is 9.73. The predicted octanol–water partition coefficient (Wildman–Crippen LogP) is 5.26. The SMILES string of the molecule is COc1nc2c3c(nc(-c4c(Cl)c(N)nc(C)c4C(F)(F)F)c(F)c3n1)OC[C@H](C)N2C(C)c1cc(F)cnc1N. The topological polar surface area (TPSA) is 138 Å². The van der Waals surface area contributed by atoms with E-state index < -0.39 is 68.8 Å². The summed E-state index contributed by atoms with van der Waals surface area (Å²) in [6.45, 7) is 4.43. The second-order valence-electron chi connectivity index (χ2n) is 9.35. The Morgan fingerprint density at radius 1 is 1.15 bits per heavy atom. The van der Waals surface area contributed by atoms with E-state index in [0.717, 1.165) is 13.1 Å². The molecule has 1 aliphatic rings. The number of ether oxygens (including phenoxy) is 2. The van der Waals surface area contributed by atoms with Crippen LogP contribution in [0.2, 0.25) is 5.02 Å². The number of nitrogens with two attached hydrogens (primary N) is 2. The van der Waals surface area contributed by atoms with Gasteiger partial charge in [0, 0.05) is 11.1 Å². The van der Waals surface area contributed by atoms with Gasteiger partial charge < -0.3 is 25.8 Å². The number of aryl methyl sites for hydroxylation is 1. The molecule has 4 N–H and O–H groups in total. The normalized spacial score (nSPS) is 16.0. The fraction of sp³-hybridized carbons (Fsp3) is 0.320. The van der Waals surface area contributed by atoms with Gasteiger partial charge in [-0.2, -0.15) is 23.1 Å². The number of alkyl halides is 3. The molecule has 0 radical (unpaired) electrons. The molecular weight excluding hydrogens is 575 g/mol. The van der Waals surface area contributed by atoms with E-state index in [0.29, 0.717) is 5.56 Å². The number of hydrogen-bond donors (Lipinski definition) is 2. The third-order valence-corrected chi connectivity index (χ3v) is 7.11. The van der Waals surface area contributed by atoms with Crippen molar-refractivity contribution < 1.29 is 31.4 Å². The average molecular weight is 597 g/mol. The highest BCUT2D eigenvalue weighted by atomic mass is 35.5. The lowest BCUT2D eigenvalue weighted by atomic mass is 10.0. The quantitative estimate of drug-likeness (QED) is 0.300. The average Bonchev–Trinajstić information content (AvgIpc) is 3.04. The first-order chi connectivity index (χ1) is 19.2. The zero-order chi connectivity index (χ0) is 30.0. The van der Waals surface area contributed by atoms with E-state index >= 15 is 4.39 Å². The molecular formula is C25H22ClF5N8O2.